The number of hydrogen-bond donors (Lipinski definition) is 2. The third kappa shape index (κ3) is 4.39. The molecule has 0 aliphatic rings. The molecule has 0 unspecified atom stereocenters. The van der Waals surface area contributed by atoms with Gasteiger partial charge in [0.25, 0.3) is 0 Å². The Morgan fingerprint density at radius 3 is 2.44 bits per heavy atom. The van der Waals surface area contributed by atoms with Gasteiger partial charge in [-0.25, -0.2) is 4.79 Å². The minimum Gasteiger partial charge on any atom is -0.323 e. The van der Waals surface area contributed by atoms with E-state index in [-0.39, 0.29) is 6.42 Å². The van der Waals surface area contributed by atoms with E-state index >= 15 is 0 Å². The Morgan fingerprint density at radius 1 is 1.38 bits per heavy atom. The molecule has 0 amide bonds. The molecule has 6 nitrogen and oxygen atoms in total. The van der Waals surface area contributed by atoms with Gasteiger partial charge in [-0.1, -0.05) is 30.3 Å². The number of nitrogens with two attached hydrogens (primary N) is 1. The van der Waals surface area contributed by atoms with Gasteiger partial charge in [0.15, 0.2) is 0 Å². The Balaban J connectivity index is 2.60. The molecule has 0 radical (unpaired) electrons. The van der Waals surface area contributed by atoms with Gasteiger partial charge in [-0.05, 0) is 12.0 Å². The lowest BCUT2D eigenvalue weighted by molar-refractivity contribution is -0.135. The first-order chi connectivity index (χ1) is 7.38. The zero-order valence-corrected chi connectivity index (χ0v) is 9.05. The minimum absolute atomic E-state index is 0.134. The van der Waals surface area contributed by atoms with E-state index in [0.717, 1.165) is 5.56 Å². The van der Waals surface area contributed by atoms with Crippen LogP contribution in [0.1, 0.15) is 5.56 Å². The van der Waals surface area contributed by atoms with Crippen LogP contribution < -0.4 is 5.73 Å². The van der Waals surface area contributed by atoms with Crippen LogP contribution in [0.25, 0.3) is 0 Å². The van der Waals surface area contributed by atoms with Crippen molar-refractivity contribution in [3.8, 4) is 0 Å². The summed E-state index contributed by atoms with van der Waals surface area (Å²) < 4.78 is 32.5. The van der Waals surface area contributed by atoms with Crippen molar-refractivity contribution in [2.24, 2.45) is 5.73 Å². The molecule has 0 bridgehead atoms. The average molecular weight is 245 g/mol. The van der Waals surface area contributed by atoms with E-state index in [1.807, 2.05) is 0 Å². The Hall–Kier alpha value is -1.44. The van der Waals surface area contributed by atoms with Gasteiger partial charge in [0.05, 0.1) is 0 Å². The number of carbonyl (C=O) groups is 1. The number of rotatable bonds is 4. The van der Waals surface area contributed by atoms with Crippen LogP contribution in [0, 0.1) is 0 Å². The van der Waals surface area contributed by atoms with Gasteiger partial charge in [0, 0.05) is 0 Å². The third-order valence-corrected chi connectivity index (χ3v) is 2.16. The fourth-order valence-corrected chi connectivity index (χ4v) is 1.45. The molecule has 0 saturated carbocycles. The predicted octanol–water partition coefficient (Wildman–Crippen LogP) is -0.0976. The highest BCUT2D eigenvalue weighted by Crippen LogP contribution is 2.03. The summed E-state index contributed by atoms with van der Waals surface area (Å²) in [7, 11) is -4.79. The zero-order chi connectivity index (χ0) is 12.2. The zero-order valence-electron chi connectivity index (χ0n) is 8.24. The SMILES string of the molecule is N[C@@H](Cc1ccccc1)C(=O)OS(=O)(=O)O. The summed E-state index contributed by atoms with van der Waals surface area (Å²) in [4.78, 5) is 11.1. The highest BCUT2D eigenvalue weighted by Gasteiger charge is 2.21. The molecule has 1 aromatic rings. The summed E-state index contributed by atoms with van der Waals surface area (Å²) in [6.07, 6.45) is 0.134. The smallest absolute Gasteiger partial charge is 0.323 e. The van der Waals surface area contributed by atoms with Crippen LogP contribution >= 0.6 is 0 Å². The molecular weight excluding hydrogens is 234 g/mol. The van der Waals surface area contributed by atoms with E-state index in [0.29, 0.717) is 0 Å². The number of carbonyl (C=O) groups excluding carboxylic acids is 1. The van der Waals surface area contributed by atoms with E-state index in [1.165, 1.54) is 0 Å². The Labute approximate surface area is 93.0 Å². The molecule has 16 heavy (non-hydrogen) atoms. The van der Waals surface area contributed by atoms with Crippen LogP contribution in [0.3, 0.4) is 0 Å². The maximum atomic E-state index is 11.1. The average Bonchev–Trinajstić information content (AvgIpc) is 2.16. The molecule has 0 heterocycles. The second-order valence-electron chi connectivity index (χ2n) is 3.13. The quantitative estimate of drug-likeness (QED) is 0.717. The molecule has 0 spiro atoms. The number of hydrogen-bond acceptors (Lipinski definition) is 5. The molecule has 0 aliphatic heterocycles. The van der Waals surface area contributed by atoms with Crippen molar-refractivity contribution in [2.75, 3.05) is 0 Å². The topological polar surface area (TPSA) is 107 Å². The largest absolute Gasteiger partial charge is 0.449 e. The van der Waals surface area contributed by atoms with Gasteiger partial charge in [-0.3, -0.25) is 4.55 Å². The van der Waals surface area contributed by atoms with Crippen molar-refractivity contribution in [2.45, 2.75) is 12.5 Å². The summed E-state index contributed by atoms with van der Waals surface area (Å²) in [6.45, 7) is 0. The third-order valence-electron chi connectivity index (χ3n) is 1.79. The van der Waals surface area contributed by atoms with Crippen LogP contribution in [0.2, 0.25) is 0 Å². The molecule has 1 atom stereocenters. The summed E-state index contributed by atoms with van der Waals surface area (Å²) in [5.41, 5.74) is 6.17. The van der Waals surface area contributed by atoms with Gasteiger partial charge in [-0.15, -0.1) is 0 Å². The molecule has 88 valence electrons. The molecule has 0 aromatic heterocycles. The summed E-state index contributed by atoms with van der Waals surface area (Å²) >= 11 is 0. The fraction of sp³-hybridized carbons (Fsp3) is 0.222. The second kappa shape index (κ2) is 5.06. The Morgan fingerprint density at radius 2 is 1.94 bits per heavy atom. The minimum atomic E-state index is -4.79. The van der Waals surface area contributed by atoms with E-state index in [9.17, 15) is 13.2 Å². The summed E-state index contributed by atoms with van der Waals surface area (Å²) in [5.74, 6) is -1.19. The molecule has 1 aromatic carbocycles. The molecule has 3 N–H and O–H groups in total. The van der Waals surface area contributed by atoms with Crippen LogP contribution in [0.4, 0.5) is 0 Å². The van der Waals surface area contributed by atoms with E-state index in [2.05, 4.69) is 4.18 Å². The highest BCUT2D eigenvalue weighted by atomic mass is 32.3. The van der Waals surface area contributed by atoms with Crippen molar-refractivity contribution >= 4 is 16.4 Å². The molecule has 1 rings (SSSR count). The van der Waals surface area contributed by atoms with E-state index in [4.69, 9.17) is 10.3 Å². The van der Waals surface area contributed by atoms with Crippen LogP contribution in [0.15, 0.2) is 30.3 Å². The number of benzene rings is 1. The van der Waals surface area contributed by atoms with Gasteiger partial charge in [0.2, 0.25) is 0 Å². The second-order valence-corrected chi connectivity index (χ2v) is 4.15. The molecular formula is C9H11NO5S. The van der Waals surface area contributed by atoms with Crippen molar-refractivity contribution in [3.05, 3.63) is 35.9 Å². The standard InChI is InChI=1S/C9H11NO5S/c10-8(9(11)15-16(12,13)14)6-7-4-2-1-3-5-7/h1-5,8H,6,10H2,(H,12,13,14)/t8-/m0/s1. The van der Waals surface area contributed by atoms with Crippen molar-refractivity contribution in [1.82, 2.24) is 0 Å². The summed E-state index contributed by atoms with van der Waals surface area (Å²) in [5, 5.41) is 0. The first kappa shape index (κ1) is 12.6. The van der Waals surface area contributed by atoms with Crippen LogP contribution in [0.5, 0.6) is 0 Å². The first-order valence-electron chi connectivity index (χ1n) is 4.39. The van der Waals surface area contributed by atoms with Crippen LogP contribution in [-0.4, -0.2) is 25.0 Å². The van der Waals surface area contributed by atoms with Crippen LogP contribution in [-0.2, 0) is 25.8 Å². The lowest BCUT2D eigenvalue weighted by Gasteiger charge is -2.08. The van der Waals surface area contributed by atoms with Gasteiger partial charge in [0.1, 0.15) is 6.04 Å². The molecule has 7 heteroatoms. The Bertz CT molecular complexity index is 456. The van der Waals surface area contributed by atoms with Gasteiger partial charge < -0.3 is 9.92 Å². The molecule has 0 aliphatic carbocycles. The van der Waals surface area contributed by atoms with E-state index in [1.54, 1.807) is 30.3 Å². The monoisotopic (exact) mass is 245 g/mol. The van der Waals surface area contributed by atoms with Gasteiger partial charge >= 0.3 is 16.4 Å². The lowest BCUT2D eigenvalue weighted by Crippen LogP contribution is -2.35. The fourth-order valence-electron chi connectivity index (χ4n) is 1.12. The predicted molar refractivity (Wildman–Crippen MR) is 55.8 cm³/mol. The highest BCUT2D eigenvalue weighted by molar-refractivity contribution is 7.81. The maximum absolute atomic E-state index is 11.1. The van der Waals surface area contributed by atoms with Gasteiger partial charge in [-0.2, -0.15) is 8.42 Å². The first-order valence-corrected chi connectivity index (χ1v) is 5.75. The lowest BCUT2D eigenvalue weighted by atomic mass is 10.1. The molecule has 0 saturated heterocycles. The Kier molecular flexibility index (Phi) is 3.99. The summed E-state index contributed by atoms with van der Waals surface area (Å²) in [6, 6.07) is 7.66. The van der Waals surface area contributed by atoms with Crippen molar-refractivity contribution < 1.29 is 21.9 Å². The van der Waals surface area contributed by atoms with Crippen molar-refractivity contribution in [3.63, 3.8) is 0 Å². The maximum Gasteiger partial charge on any atom is 0.449 e. The molecule has 0 fully saturated rings. The normalized spacial score (nSPS) is 13.1. The van der Waals surface area contributed by atoms with E-state index < -0.39 is 22.4 Å². The van der Waals surface area contributed by atoms with Crippen molar-refractivity contribution in [1.29, 1.82) is 0 Å².